The molecule has 0 aromatic heterocycles. The van der Waals surface area contributed by atoms with Crippen LogP contribution in [0.25, 0.3) is 0 Å². The normalized spacial score (nSPS) is 16.8. The zero-order valence-electron chi connectivity index (χ0n) is 5.33. The lowest BCUT2D eigenvalue weighted by Gasteiger charge is -2.06. The first-order valence-electron chi connectivity index (χ1n) is 2.36. The summed E-state index contributed by atoms with van der Waals surface area (Å²) in [4.78, 5) is 19.0. The van der Waals surface area contributed by atoms with Gasteiger partial charge in [-0.05, 0) is 18.7 Å². The van der Waals surface area contributed by atoms with E-state index in [1.54, 1.807) is 0 Å². The molecular weight excluding hydrogens is 159 g/mol. The molecule has 0 amide bonds. The third-order valence-corrected chi connectivity index (χ3v) is 1.43. The average molecular weight is 168 g/mol. The van der Waals surface area contributed by atoms with Crippen molar-refractivity contribution in [1.82, 2.24) is 0 Å². The van der Waals surface area contributed by atoms with Gasteiger partial charge in [-0.15, -0.1) is 0 Å². The number of Topliss-reactive ketones (excluding diaryl/α,β-unsaturated/α-hetero) is 1. The van der Waals surface area contributed by atoms with Gasteiger partial charge in [-0.25, -0.2) is 0 Å². The summed E-state index contributed by atoms with van der Waals surface area (Å²) < 4.78 is 4.62. The van der Waals surface area contributed by atoms with Crippen LogP contribution in [-0.4, -0.2) is 23.9 Å². The Kier molecular flexibility index (Phi) is 3.51. The molecule has 5 heteroatoms. The van der Waals surface area contributed by atoms with Gasteiger partial charge in [0.15, 0.2) is 12.3 Å². The summed E-state index contributed by atoms with van der Waals surface area (Å²) in [7, 11) is 0. The van der Waals surface area contributed by atoms with Gasteiger partial charge in [-0.2, -0.15) is 0 Å². The second kappa shape index (κ2) is 3.42. The van der Waals surface area contributed by atoms with Gasteiger partial charge in [-0.1, -0.05) is 0 Å². The zero-order valence-corrected chi connectivity index (χ0v) is 7.04. The topological polar surface area (TPSA) is 46.5 Å². The monoisotopic (exact) mass is 168 g/mol. The van der Waals surface area contributed by atoms with E-state index in [-0.39, 0.29) is 12.4 Å². The standard InChI is InChI=1S/C4H9O3PS/c1-4(5)3-7-8(2,6)9/h3H2,1-2H3,(H,6,9). The first-order valence-corrected chi connectivity index (χ1v) is 5.48. The average Bonchev–Trinajstić information content (AvgIpc) is 1.59. The van der Waals surface area contributed by atoms with Crippen molar-refractivity contribution in [2.24, 2.45) is 0 Å². The Morgan fingerprint density at radius 2 is 2.33 bits per heavy atom. The van der Waals surface area contributed by atoms with E-state index in [1.165, 1.54) is 13.6 Å². The van der Waals surface area contributed by atoms with Crippen LogP contribution in [0.4, 0.5) is 0 Å². The van der Waals surface area contributed by atoms with Gasteiger partial charge < -0.3 is 9.42 Å². The van der Waals surface area contributed by atoms with E-state index in [1.807, 2.05) is 0 Å². The predicted octanol–water partition coefficient (Wildman–Crippen LogP) is 0.524. The van der Waals surface area contributed by atoms with E-state index >= 15 is 0 Å². The molecule has 0 heterocycles. The summed E-state index contributed by atoms with van der Waals surface area (Å²) >= 11 is 4.50. The van der Waals surface area contributed by atoms with Crippen LogP contribution in [0.2, 0.25) is 0 Å². The molecular formula is C4H9O3PS. The number of rotatable bonds is 3. The van der Waals surface area contributed by atoms with Crippen molar-refractivity contribution in [2.75, 3.05) is 13.3 Å². The number of hydrogen-bond donors (Lipinski definition) is 1. The van der Waals surface area contributed by atoms with Gasteiger partial charge >= 0.3 is 0 Å². The summed E-state index contributed by atoms with van der Waals surface area (Å²) in [5, 5.41) is 0. The lowest BCUT2D eigenvalue weighted by Crippen LogP contribution is -2.00. The molecule has 0 aliphatic rings. The minimum absolute atomic E-state index is 0.0791. The fourth-order valence-electron chi connectivity index (χ4n) is 0.211. The Morgan fingerprint density at radius 3 is 2.44 bits per heavy atom. The van der Waals surface area contributed by atoms with E-state index in [0.29, 0.717) is 0 Å². The predicted molar refractivity (Wildman–Crippen MR) is 39.1 cm³/mol. The molecule has 0 aromatic rings. The maximum Gasteiger partial charge on any atom is 0.183 e. The summed E-state index contributed by atoms with van der Waals surface area (Å²) in [5.74, 6) is -0.125. The molecule has 0 spiro atoms. The molecule has 0 saturated heterocycles. The van der Waals surface area contributed by atoms with Gasteiger partial charge in [0.25, 0.3) is 0 Å². The SMILES string of the molecule is CC(=O)COP(C)(O)=S. The Bertz CT molecular complexity index is 150. The number of carbonyl (C=O) groups is 1. The van der Waals surface area contributed by atoms with Crippen molar-refractivity contribution in [2.45, 2.75) is 6.92 Å². The van der Waals surface area contributed by atoms with Crippen LogP contribution in [-0.2, 0) is 21.1 Å². The van der Waals surface area contributed by atoms with Crippen LogP contribution in [0, 0.1) is 0 Å². The van der Waals surface area contributed by atoms with Crippen LogP contribution in [0.1, 0.15) is 6.92 Å². The van der Waals surface area contributed by atoms with Crippen molar-refractivity contribution in [3.05, 3.63) is 0 Å². The van der Waals surface area contributed by atoms with Crippen molar-refractivity contribution in [3.63, 3.8) is 0 Å². The van der Waals surface area contributed by atoms with Gasteiger partial charge in [0, 0.05) is 6.66 Å². The van der Waals surface area contributed by atoms with Crippen LogP contribution < -0.4 is 0 Å². The van der Waals surface area contributed by atoms with E-state index in [4.69, 9.17) is 4.89 Å². The molecule has 0 aliphatic carbocycles. The lowest BCUT2D eigenvalue weighted by molar-refractivity contribution is -0.118. The molecule has 0 fully saturated rings. The van der Waals surface area contributed by atoms with Gasteiger partial charge in [0.2, 0.25) is 0 Å². The molecule has 54 valence electrons. The Morgan fingerprint density at radius 1 is 1.89 bits per heavy atom. The number of ketones is 1. The molecule has 0 aromatic carbocycles. The maximum atomic E-state index is 10.2. The third kappa shape index (κ3) is 8.24. The highest BCUT2D eigenvalue weighted by Crippen LogP contribution is 2.36. The van der Waals surface area contributed by atoms with Crippen molar-refractivity contribution in [3.8, 4) is 0 Å². The molecule has 0 radical (unpaired) electrons. The highest BCUT2D eigenvalue weighted by Gasteiger charge is 2.04. The smallest absolute Gasteiger partial charge is 0.183 e. The molecule has 0 saturated carbocycles. The fourth-order valence-corrected chi connectivity index (χ4v) is 0.790. The summed E-state index contributed by atoms with van der Waals surface area (Å²) in [6, 6.07) is 0. The third-order valence-electron chi connectivity index (χ3n) is 0.507. The van der Waals surface area contributed by atoms with Crippen molar-refractivity contribution in [1.29, 1.82) is 0 Å². The van der Waals surface area contributed by atoms with Crippen LogP contribution in [0.3, 0.4) is 0 Å². The molecule has 0 rings (SSSR count). The summed E-state index contributed by atoms with van der Waals surface area (Å²) in [6.07, 6.45) is 0. The van der Waals surface area contributed by atoms with Crippen LogP contribution in [0.5, 0.6) is 0 Å². The van der Waals surface area contributed by atoms with Crippen LogP contribution in [0.15, 0.2) is 0 Å². The maximum absolute atomic E-state index is 10.2. The lowest BCUT2D eigenvalue weighted by atomic mass is 10.5. The molecule has 0 aliphatic heterocycles. The number of carbonyl (C=O) groups excluding carboxylic acids is 1. The largest absolute Gasteiger partial charge is 0.345 e. The Balaban J connectivity index is 3.53. The van der Waals surface area contributed by atoms with Gasteiger partial charge in [0.1, 0.15) is 6.61 Å². The van der Waals surface area contributed by atoms with Crippen molar-refractivity contribution < 1.29 is 14.2 Å². The minimum atomic E-state index is -2.61. The van der Waals surface area contributed by atoms with Gasteiger partial charge in [-0.3, -0.25) is 4.79 Å². The second-order valence-corrected chi connectivity index (χ2v) is 5.68. The first kappa shape index (κ1) is 9.24. The first-order chi connectivity index (χ1) is 3.92. The number of hydrogen-bond acceptors (Lipinski definition) is 3. The quantitative estimate of drug-likeness (QED) is 0.624. The zero-order chi connectivity index (χ0) is 7.49. The summed E-state index contributed by atoms with van der Waals surface area (Å²) in [5.41, 5.74) is 0. The molecule has 1 atom stereocenters. The highest BCUT2D eigenvalue weighted by atomic mass is 32.5. The van der Waals surface area contributed by atoms with E-state index in [2.05, 4.69) is 16.3 Å². The van der Waals surface area contributed by atoms with Gasteiger partial charge in [0.05, 0.1) is 0 Å². The van der Waals surface area contributed by atoms with Crippen molar-refractivity contribution >= 4 is 24.1 Å². The highest BCUT2D eigenvalue weighted by molar-refractivity contribution is 8.09. The minimum Gasteiger partial charge on any atom is -0.345 e. The molecule has 9 heavy (non-hydrogen) atoms. The molecule has 0 bridgehead atoms. The van der Waals surface area contributed by atoms with E-state index in [9.17, 15) is 4.79 Å². The van der Waals surface area contributed by atoms with Crippen LogP contribution >= 0.6 is 6.49 Å². The summed E-state index contributed by atoms with van der Waals surface area (Å²) in [6.45, 7) is 0.102. The Labute approximate surface area is 59.2 Å². The molecule has 3 nitrogen and oxygen atoms in total. The molecule has 1 N–H and O–H groups in total. The van der Waals surface area contributed by atoms with E-state index in [0.717, 1.165) is 0 Å². The second-order valence-electron chi connectivity index (χ2n) is 1.78. The fraction of sp³-hybridized carbons (Fsp3) is 0.750. The van der Waals surface area contributed by atoms with E-state index < -0.39 is 6.49 Å². The molecule has 1 unspecified atom stereocenters. The Hall–Kier alpha value is 0.240.